The summed E-state index contributed by atoms with van der Waals surface area (Å²) < 4.78 is 5.15. The molecule has 1 unspecified atom stereocenters. The van der Waals surface area contributed by atoms with Crippen LogP contribution in [0.5, 0.6) is 0 Å². The van der Waals surface area contributed by atoms with E-state index in [1.807, 2.05) is 0 Å². The lowest BCUT2D eigenvalue weighted by atomic mass is 9.98. The van der Waals surface area contributed by atoms with Crippen LogP contribution in [0.15, 0.2) is 35.9 Å². The molecule has 1 aromatic carbocycles. The van der Waals surface area contributed by atoms with Crippen LogP contribution in [0, 0.1) is 0 Å². The van der Waals surface area contributed by atoms with Crippen LogP contribution < -0.4 is 0 Å². The first-order chi connectivity index (χ1) is 9.33. The molecule has 1 atom stereocenters. The first-order valence-electron chi connectivity index (χ1n) is 7.60. The predicted molar refractivity (Wildman–Crippen MR) is 81.4 cm³/mol. The molecule has 0 N–H and O–H groups in total. The number of ether oxygens (including phenoxy) is 1. The van der Waals surface area contributed by atoms with Crippen molar-refractivity contribution in [3.8, 4) is 0 Å². The Morgan fingerprint density at radius 3 is 2.63 bits per heavy atom. The highest BCUT2D eigenvalue weighted by Crippen LogP contribution is 2.34. The second-order valence-electron chi connectivity index (χ2n) is 5.60. The molecule has 0 radical (unpaired) electrons. The highest BCUT2D eigenvalue weighted by atomic mass is 16.5. The molecular weight excluding hydrogens is 232 g/mol. The van der Waals surface area contributed by atoms with E-state index in [-0.39, 0.29) is 0 Å². The van der Waals surface area contributed by atoms with Gasteiger partial charge in [-0.2, -0.15) is 0 Å². The quantitative estimate of drug-likeness (QED) is 0.481. The van der Waals surface area contributed by atoms with Gasteiger partial charge >= 0.3 is 0 Å². The molecule has 0 saturated carbocycles. The van der Waals surface area contributed by atoms with Gasteiger partial charge in [0.15, 0.2) is 0 Å². The molecule has 0 saturated heterocycles. The highest BCUT2D eigenvalue weighted by Gasteiger charge is 2.16. The second-order valence-corrected chi connectivity index (χ2v) is 5.60. The fourth-order valence-corrected chi connectivity index (χ4v) is 2.89. The summed E-state index contributed by atoms with van der Waals surface area (Å²) in [7, 11) is 1.75. The molecule has 0 bridgehead atoms. The Hall–Kier alpha value is -1.08. The van der Waals surface area contributed by atoms with Crippen molar-refractivity contribution in [1.29, 1.82) is 0 Å². The summed E-state index contributed by atoms with van der Waals surface area (Å²) in [6, 6.07) is 8.93. The Kier molecular flexibility index (Phi) is 5.65. The van der Waals surface area contributed by atoms with E-state index >= 15 is 0 Å². The molecule has 1 heteroatoms. The zero-order chi connectivity index (χ0) is 13.5. The average molecular weight is 258 g/mol. The van der Waals surface area contributed by atoms with Gasteiger partial charge in [-0.3, -0.25) is 0 Å². The number of hydrogen-bond donors (Lipinski definition) is 0. The van der Waals surface area contributed by atoms with Gasteiger partial charge in [0.05, 0.1) is 6.61 Å². The van der Waals surface area contributed by atoms with Gasteiger partial charge in [0.2, 0.25) is 0 Å². The first kappa shape index (κ1) is 14.3. The molecule has 0 heterocycles. The van der Waals surface area contributed by atoms with Crippen LogP contribution in [0.25, 0.3) is 0 Å². The monoisotopic (exact) mass is 258 g/mol. The van der Waals surface area contributed by atoms with E-state index in [9.17, 15) is 0 Å². The van der Waals surface area contributed by atoms with Gasteiger partial charge in [0.25, 0.3) is 0 Å². The average Bonchev–Trinajstić information content (AvgIpc) is 2.89. The Morgan fingerprint density at radius 1 is 1.16 bits per heavy atom. The summed E-state index contributed by atoms with van der Waals surface area (Å²) in [5.41, 5.74) is 4.40. The molecule has 1 aliphatic carbocycles. The Balaban J connectivity index is 1.91. The lowest BCUT2D eigenvalue weighted by Gasteiger charge is -2.08. The Bertz CT molecular complexity index is 402. The zero-order valence-corrected chi connectivity index (χ0v) is 12.3. The zero-order valence-electron chi connectivity index (χ0n) is 12.3. The van der Waals surface area contributed by atoms with Gasteiger partial charge in [-0.25, -0.2) is 0 Å². The molecular formula is C18H26O. The maximum absolute atomic E-state index is 5.15. The van der Waals surface area contributed by atoms with Crippen LogP contribution in [0.1, 0.15) is 62.5 Å². The molecule has 2 rings (SSSR count). The number of rotatable bonds is 7. The summed E-state index contributed by atoms with van der Waals surface area (Å²) in [6.45, 7) is 2.98. The minimum Gasteiger partial charge on any atom is -0.380 e. The third-order valence-corrected chi connectivity index (χ3v) is 4.03. The van der Waals surface area contributed by atoms with Gasteiger partial charge < -0.3 is 4.74 Å². The van der Waals surface area contributed by atoms with Crippen LogP contribution in [0.2, 0.25) is 0 Å². The van der Waals surface area contributed by atoms with Crippen molar-refractivity contribution in [2.75, 3.05) is 7.11 Å². The number of methoxy groups -OCH3 is 1. The Labute approximate surface area is 117 Å². The normalized spacial score (nSPS) is 18.6. The molecule has 1 nitrogen and oxygen atoms in total. The summed E-state index contributed by atoms with van der Waals surface area (Å²) in [5, 5.41) is 0. The van der Waals surface area contributed by atoms with E-state index < -0.39 is 0 Å². The first-order valence-corrected chi connectivity index (χ1v) is 7.60. The number of allylic oxidation sites excluding steroid dienone is 2. The van der Waals surface area contributed by atoms with Crippen molar-refractivity contribution in [2.24, 2.45) is 0 Å². The van der Waals surface area contributed by atoms with Crippen LogP contribution in [0.3, 0.4) is 0 Å². The predicted octanol–water partition coefficient (Wildman–Crippen LogP) is 5.22. The van der Waals surface area contributed by atoms with Crippen molar-refractivity contribution in [2.45, 2.75) is 58.0 Å². The van der Waals surface area contributed by atoms with Gasteiger partial charge in [-0.15, -0.1) is 0 Å². The summed E-state index contributed by atoms with van der Waals surface area (Å²) in [4.78, 5) is 0. The van der Waals surface area contributed by atoms with E-state index in [2.05, 4.69) is 37.3 Å². The lowest BCUT2D eigenvalue weighted by molar-refractivity contribution is 0.185. The van der Waals surface area contributed by atoms with Gasteiger partial charge in [0, 0.05) is 13.0 Å². The van der Waals surface area contributed by atoms with E-state index in [1.54, 1.807) is 12.7 Å². The van der Waals surface area contributed by atoms with Crippen molar-refractivity contribution >= 4 is 0 Å². The van der Waals surface area contributed by atoms with E-state index in [0.29, 0.717) is 12.5 Å². The molecule has 0 fully saturated rings. The van der Waals surface area contributed by atoms with Gasteiger partial charge in [0.1, 0.15) is 0 Å². The van der Waals surface area contributed by atoms with Crippen molar-refractivity contribution in [3.63, 3.8) is 0 Å². The van der Waals surface area contributed by atoms with E-state index in [1.165, 1.54) is 49.7 Å². The van der Waals surface area contributed by atoms with Gasteiger partial charge in [-0.1, -0.05) is 55.7 Å². The van der Waals surface area contributed by atoms with Crippen LogP contribution in [-0.4, -0.2) is 7.11 Å². The molecule has 19 heavy (non-hydrogen) atoms. The number of unbranched alkanes of at least 4 members (excludes halogenated alkanes) is 2. The fourth-order valence-electron chi connectivity index (χ4n) is 2.89. The summed E-state index contributed by atoms with van der Waals surface area (Å²) in [6.07, 6.45) is 10.5. The Morgan fingerprint density at radius 2 is 1.95 bits per heavy atom. The minimum absolute atomic E-state index is 0.647. The standard InChI is InChI=1S/C18H26O/c1-3-4-5-6-15-7-12-18(13-15)17-10-8-16(9-11-17)14-19-2/h8-11,13,18H,3-7,12,14H2,1-2H3. The summed E-state index contributed by atoms with van der Waals surface area (Å²) >= 11 is 0. The maximum atomic E-state index is 5.15. The number of hydrogen-bond acceptors (Lipinski definition) is 1. The SMILES string of the molecule is CCCCCC1=CC(c2ccc(COC)cc2)CC1. The molecule has 104 valence electrons. The van der Waals surface area contributed by atoms with Crippen molar-refractivity contribution < 1.29 is 4.74 Å². The van der Waals surface area contributed by atoms with Crippen LogP contribution in [-0.2, 0) is 11.3 Å². The maximum Gasteiger partial charge on any atom is 0.0713 e. The smallest absolute Gasteiger partial charge is 0.0713 e. The van der Waals surface area contributed by atoms with E-state index in [0.717, 1.165) is 0 Å². The van der Waals surface area contributed by atoms with Crippen molar-refractivity contribution in [1.82, 2.24) is 0 Å². The molecule has 1 aliphatic rings. The van der Waals surface area contributed by atoms with Crippen molar-refractivity contribution in [3.05, 3.63) is 47.0 Å². The minimum atomic E-state index is 0.647. The largest absolute Gasteiger partial charge is 0.380 e. The molecule has 0 spiro atoms. The van der Waals surface area contributed by atoms with Crippen LogP contribution in [0.4, 0.5) is 0 Å². The second kappa shape index (κ2) is 7.49. The fraction of sp³-hybridized carbons (Fsp3) is 0.556. The van der Waals surface area contributed by atoms with Gasteiger partial charge in [-0.05, 0) is 36.8 Å². The highest BCUT2D eigenvalue weighted by molar-refractivity contribution is 5.31. The molecule has 0 amide bonds. The topological polar surface area (TPSA) is 9.23 Å². The summed E-state index contributed by atoms with van der Waals surface area (Å²) in [5.74, 6) is 0.647. The lowest BCUT2D eigenvalue weighted by Crippen LogP contribution is -1.92. The third-order valence-electron chi connectivity index (χ3n) is 4.03. The molecule has 1 aromatic rings. The van der Waals surface area contributed by atoms with E-state index in [4.69, 9.17) is 4.74 Å². The molecule has 0 aliphatic heterocycles. The third kappa shape index (κ3) is 4.21. The van der Waals surface area contributed by atoms with Crippen LogP contribution >= 0.6 is 0 Å². The molecule has 0 aromatic heterocycles. The number of benzene rings is 1.